The molecule has 21 heavy (non-hydrogen) atoms. The molecule has 0 radical (unpaired) electrons. The van der Waals surface area contributed by atoms with Crippen LogP contribution in [-0.2, 0) is 17.8 Å². The van der Waals surface area contributed by atoms with Crippen molar-refractivity contribution in [1.82, 2.24) is 15.3 Å². The molecule has 1 amide bonds. The Morgan fingerprint density at radius 1 is 1.48 bits per heavy atom. The zero-order valence-electron chi connectivity index (χ0n) is 11.8. The maximum Gasteiger partial charge on any atom is 0.244 e. The van der Waals surface area contributed by atoms with Crippen molar-refractivity contribution in [2.45, 2.75) is 25.9 Å². The van der Waals surface area contributed by atoms with Crippen molar-refractivity contribution >= 4 is 11.6 Å². The number of nitrogens with one attached hydrogen (secondary N) is 2. The third-order valence-electron chi connectivity index (χ3n) is 3.75. The number of carbonyl (C=O) groups excluding carboxylic acids is 1. The third kappa shape index (κ3) is 2.54. The Morgan fingerprint density at radius 2 is 2.29 bits per heavy atom. The first-order valence-electron chi connectivity index (χ1n) is 7.01. The zero-order valence-corrected chi connectivity index (χ0v) is 11.8. The van der Waals surface area contributed by atoms with Crippen LogP contribution in [0.15, 0.2) is 30.6 Å². The van der Waals surface area contributed by atoms with E-state index in [1.807, 2.05) is 6.92 Å². The smallest absolute Gasteiger partial charge is 0.244 e. The number of amides is 1. The van der Waals surface area contributed by atoms with E-state index in [1.165, 1.54) is 11.0 Å². The average molecular weight is 288 g/mol. The molecule has 1 aromatic carbocycles. The Labute approximate surface area is 122 Å². The molecule has 0 spiro atoms. The van der Waals surface area contributed by atoms with Gasteiger partial charge in [-0.1, -0.05) is 12.1 Å². The summed E-state index contributed by atoms with van der Waals surface area (Å²) < 4.78 is 13.9. The Hall–Kier alpha value is -2.21. The lowest BCUT2D eigenvalue weighted by atomic mass is 10.0. The molecule has 0 saturated carbocycles. The van der Waals surface area contributed by atoms with Gasteiger partial charge in [0.1, 0.15) is 5.82 Å². The number of halogens is 1. The number of rotatable bonds is 3. The van der Waals surface area contributed by atoms with Crippen LogP contribution in [0.3, 0.4) is 0 Å². The summed E-state index contributed by atoms with van der Waals surface area (Å²) in [5, 5.41) is 3.18. The molecule has 2 N–H and O–H groups in total. The van der Waals surface area contributed by atoms with E-state index in [4.69, 9.17) is 0 Å². The molecule has 1 aromatic heterocycles. The monoisotopic (exact) mass is 288 g/mol. The van der Waals surface area contributed by atoms with Crippen LogP contribution in [0.5, 0.6) is 0 Å². The van der Waals surface area contributed by atoms with Gasteiger partial charge < -0.3 is 9.88 Å². The SMILES string of the molecule is CCN(C(=O)C1Cc2nc[nH]c2CN1)c1ccccc1F. The van der Waals surface area contributed by atoms with Crippen molar-refractivity contribution in [2.24, 2.45) is 0 Å². The van der Waals surface area contributed by atoms with Gasteiger partial charge in [0.05, 0.1) is 29.4 Å². The van der Waals surface area contributed by atoms with Crippen molar-refractivity contribution in [1.29, 1.82) is 0 Å². The molecular weight excluding hydrogens is 271 g/mol. The number of aromatic nitrogens is 2. The molecule has 2 heterocycles. The molecule has 3 rings (SSSR count). The van der Waals surface area contributed by atoms with Crippen LogP contribution in [0.4, 0.5) is 10.1 Å². The predicted molar refractivity (Wildman–Crippen MR) is 77.3 cm³/mol. The minimum Gasteiger partial charge on any atom is -0.347 e. The minimum atomic E-state index is -0.385. The summed E-state index contributed by atoms with van der Waals surface area (Å²) in [6.07, 6.45) is 2.15. The summed E-state index contributed by atoms with van der Waals surface area (Å²) >= 11 is 0. The first-order chi connectivity index (χ1) is 10.2. The van der Waals surface area contributed by atoms with E-state index in [1.54, 1.807) is 24.5 Å². The fourth-order valence-electron chi connectivity index (χ4n) is 2.65. The molecule has 2 aromatic rings. The lowest BCUT2D eigenvalue weighted by molar-refractivity contribution is -0.120. The number of hydrogen-bond donors (Lipinski definition) is 2. The second-order valence-corrected chi connectivity index (χ2v) is 5.00. The topological polar surface area (TPSA) is 61.0 Å². The van der Waals surface area contributed by atoms with Gasteiger partial charge in [0.2, 0.25) is 5.91 Å². The first-order valence-corrected chi connectivity index (χ1v) is 7.01. The molecular formula is C15H17FN4O. The Kier molecular flexibility index (Phi) is 3.70. The van der Waals surface area contributed by atoms with Gasteiger partial charge >= 0.3 is 0 Å². The molecule has 6 heteroatoms. The highest BCUT2D eigenvalue weighted by atomic mass is 19.1. The molecule has 0 fully saturated rings. The molecule has 5 nitrogen and oxygen atoms in total. The first kappa shape index (κ1) is 13.8. The highest BCUT2D eigenvalue weighted by Crippen LogP contribution is 2.21. The van der Waals surface area contributed by atoms with E-state index in [0.717, 1.165) is 11.4 Å². The van der Waals surface area contributed by atoms with Crippen LogP contribution >= 0.6 is 0 Å². The standard InChI is InChI=1S/C15H17FN4O/c1-2-20(14-6-4-3-5-10(14)16)15(21)12-7-11-13(8-17-12)19-9-18-11/h3-6,9,12,17H,2,7-8H2,1H3,(H,18,19). The summed E-state index contributed by atoms with van der Waals surface area (Å²) in [4.78, 5) is 21.4. The quantitative estimate of drug-likeness (QED) is 0.902. The summed E-state index contributed by atoms with van der Waals surface area (Å²) in [6, 6.07) is 5.96. The molecule has 1 atom stereocenters. The van der Waals surface area contributed by atoms with Gasteiger partial charge in [-0.05, 0) is 19.1 Å². The van der Waals surface area contributed by atoms with Gasteiger partial charge in [-0.15, -0.1) is 0 Å². The lowest BCUT2D eigenvalue weighted by Gasteiger charge is -2.29. The number of carbonyl (C=O) groups is 1. The number of likely N-dealkylation sites (N-methyl/N-ethyl adjacent to an activating group) is 1. The maximum atomic E-state index is 13.9. The van der Waals surface area contributed by atoms with Crippen LogP contribution in [0, 0.1) is 5.82 Å². The summed E-state index contributed by atoms with van der Waals surface area (Å²) in [7, 11) is 0. The fraction of sp³-hybridized carbons (Fsp3) is 0.333. The van der Waals surface area contributed by atoms with Crippen molar-refractivity contribution in [3.05, 3.63) is 47.8 Å². The van der Waals surface area contributed by atoms with Crippen molar-refractivity contribution in [3.63, 3.8) is 0 Å². The van der Waals surface area contributed by atoms with Gasteiger partial charge in [-0.3, -0.25) is 10.1 Å². The average Bonchev–Trinajstić information content (AvgIpc) is 2.97. The van der Waals surface area contributed by atoms with Crippen molar-refractivity contribution < 1.29 is 9.18 Å². The summed E-state index contributed by atoms with van der Waals surface area (Å²) in [6.45, 7) is 2.83. The number of fused-ring (bicyclic) bond motifs is 1. The van der Waals surface area contributed by atoms with E-state index >= 15 is 0 Å². The number of anilines is 1. The van der Waals surface area contributed by atoms with Crippen LogP contribution in [-0.4, -0.2) is 28.5 Å². The summed E-state index contributed by atoms with van der Waals surface area (Å²) in [5.41, 5.74) is 2.23. The third-order valence-corrected chi connectivity index (χ3v) is 3.75. The fourth-order valence-corrected chi connectivity index (χ4v) is 2.65. The highest BCUT2D eigenvalue weighted by molar-refractivity contribution is 5.97. The van der Waals surface area contributed by atoms with E-state index in [2.05, 4.69) is 15.3 Å². The van der Waals surface area contributed by atoms with E-state index in [9.17, 15) is 9.18 Å². The predicted octanol–water partition coefficient (Wildman–Crippen LogP) is 1.62. The number of para-hydroxylation sites is 1. The molecule has 1 unspecified atom stereocenters. The van der Waals surface area contributed by atoms with Gasteiger partial charge in [-0.25, -0.2) is 9.37 Å². The van der Waals surface area contributed by atoms with Crippen LogP contribution < -0.4 is 10.2 Å². The Balaban J connectivity index is 1.82. The maximum absolute atomic E-state index is 13.9. The number of imidazole rings is 1. The van der Waals surface area contributed by atoms with Gasteiger partial charge in [0.25, 0.3) is 0 Å². The molecule has 0 saturated heterocycles. The largest absolute Gasteiger partial charge is 0.347 e. The van der Waals surface area contributed by atoms with Gasteiger partial charge in [0.15, 0.2) is 0 Å². The number of benzene rings is 1. The molecule has 0 bridgehead atoms. The molecule has 1 aliphatic rings. The normalized spacial score (nSPS) is 17.3. The number of aromatic amines is 1. The zero-order chi connectivity index (χ0) is 14.8. The molecule has 1 aliphatic heterocycles. The molecule has 0 aliphatic carbocycles. The Morgan fingerprint density at radius 3 is 3.05 bits per heavy atom. The number of H-pyrrole nitrogens is 1. The summed E-state index contributed by atoms with van der Waals surface area (Å²) in [5.74, 6) is -0.514. The number of nitrogens with zero attached hydrogens (tertiary/aromatic N) is 2. The Bertz CT molecular complexity index is 655. The van der Waals surface area contributed by atoms with E-state index < -0.39 is 0 Å². The van der Waals surface area contributed by atoms with E-state index in [-0.39, 0.29) is 17.8 Å². The second-order valence-electron chi connectivity index (χ2n) is 5.00. The van der Waals surface area contributed by atoms with Crippen molar-refractivity contribution in [2.75, 3.05) is 11.4 Å². The molecule has 110 valence electrons. The second kappa shape index (κ2) is 5.65. The van der Waals surface area contributed by atoms with E-state index in [0.29, 0.717) is 25.2 Å². The number of hydrogen-bond acceptors (Lipinski definition) is 3. The van der Waals surface area contributed by atoms with Crippen LogP contribution in [0.1, 0.15) is 18.3 Å². The minimum absolute atomic E-state index is 0.128. The lowest BCUT2D eigenvalue weighted by Crippen LogP contribution is -2.50. The van der Waals surface area contributed by atoms with Crippen LogP contribution in [0.2, 0.25) is 0 Å². The van der Waals surface area contributed by atoms with Crippen molar-refractivity contribution in [3.8, 4) is 0 Å². The highest BCUT2D eigenvalue weighted by Gasteiger charge is 2.30. The van der Waals surface area contributed by atoms with Gasteiger partial charge in [0, 0.05) is 19.5 Å². The van der Waals surface area contributed by atoms with Crippen LogP contribution in [0.25, 0.3) is 0 Å². The van der Waals surface area contributed by atoms with Gasteiger partial charge in [-0.2, -0.15) is 0 Å².